The molecule has 1 amide bonds. The van der Waals surface area contributed by atoms with Gasteiger partial charge in [-0.1, -0.05) is 11.8 Å². The summed E-state index contributed by atoms with van der Waals surface area (Å²) in [6.45, 7) is 5.35. The lowest BCUT2D eigenvalue weighted by Gasteiger charge is -2.21. The predicted molar refractivity (Wildman–Crippen MR) is 90.7 cm³/mol. The van der Waals surface area contributed by atoms with Gasteiger partial charge in [0.1, 0.15) is 12.5 Å². The van der Waals surface area contributed by atoms with Crippen molar-refractivity contribution in [2.75, 3.05) is 13.8 Å². The SMILES string of the molecule is COCN1C=CSC(=Cc2cc(C)c(OC(C)=O)c(C)c2)C1=O. The lowest BCUT2D eigenvalue weighted by Crippen LogP contribution is -2.29. The van der Waals surface area contributed by atoms with Crippen LogP contribution in [0.3, 0.4) is 0 Å². The van der Waals surface area contributed by atoms with E-state index in [0.717, 1.165) is 16.7 Å². The molecule has 1 aromatic rings. The molecular weight excluding hydrogens is 314 g/mol. The van der Waals surface area contributed by atoms with Gasteiger partial charge in [-0.2, -0.15) is 0 Å². The van der Waals surface area contributed by atoms with E-state index in [1.54, 1.807) is 13.3 Å². The standard InChI is InChI=1S/C17H19NO4S/c1-11-7-14(8-12(2)16(11)22-13(3)19)9-15-17(20)18(10-21-4)5-6-23-15/h5-9H,10H2,1-4H3. The molecule has 0 spiro atoms. The number of thioether (sulfide) groups is 1. The minimum atomic E-state index is -0.347. The van der Waals surface area contributed by atoms with E-state index < -0.39 is 0 Å². The largest absolute Gasteiger partial charge is 0.426 e. The number of rotatable bonds is 4. The molecule has 0 aliphatic carbocycles. The molecule has 0 aromatic heterocycles. The summed E-state index contributed by atoms with van der Waals surface area (Å²) in [4.78, 5) is 25.6. The summed E-state index contributed by atoms with van der Waals surface area (Å²) in [6, 6.07) is 3.79. The number of carbonyl (C=O) groups is 2. The van der Waals surface area contributed by atoms with Crippen LogP contribution < -0.4 is 4.74 Å². The second-order valence-electron chi connectivity index (χ2n) is 5.18. The number of benzene rings is 1. The maximum atomic E-state index is 12.3. The van der Waals surface area contributed by atoms with Crippen molar-refractivity contribution < 1.29 is 19.1 Å². The summed E-state index contributed by atoms with van der Waals surface area (Å²) in [7, 11) is 1.55. The number of nitrogens with zero attached hydrogens (tertiary/aromatic N) is 1. The summed E-state index contributed by atoms with van der Waals surface area (Å²) in [5.74, 6) is 0.127. The molecule has 0 unspecified atom stereocenters. The topological polar surface area (TPSA) is 55.8 Å². The zero-order valence-corrected chi connectivity index (χ0v) is 14.4. The zero-order valence-electron chi connectivity index (χ0n) is 13.6. The number of amides is 1. The smallest absolute Gasteiger partial charge is 0.308 e. The van der Waals surface area contributed by atoms with Crippen LogP contribution in [0.4, 0.5) is 0 Å². The summed E-state index contributed by atoms with van der Waals surface area (Å²) < 4.78 is 10.2. The highest BCUT2D eigenvalue weighted by atomic mass is 32.2. The highest BCUT2D eigenvalue weighted by Gasteiger charge is 2.20. The first-order valence-corrected chi connectivity index (χ1v) is 7.95. The maximum Gasteiger partial charge on any atom is 0.308 e. The van der Waals surface area contributed by atoms with Gasteiger partial charge in [0.2, 0.25) is 0 Å². The molecule has 23 heavy (non-hydrogen) atoms. The highest BCUT2D eigenvalue weighted by Crippen LogP contribution is 2.30. The van der Waals surface area contributed by atoms with E-state index in [2.05, 4.69) is 0 Å². The van der Waals surface area contributed by atoms with E-state index in [-0.39, 0.29) is 18.6 Å². The second-order valence-corrected chi connectivity index (χ2v) is 6.13. The molecule has 0 bridgehead atoms. The highest BCUT2D eigenvalue weighted by molar-refractivity contribution is 8.06. The number of carbonyl (C=O) groups excluding carboxylic acids is 2. The fourth-order valence-corrected chi connectivity index (χ4v) is 3.07. The molecular formula is C17H19NO4S. The lowest BCUT2D eigenvalue weighted by molar-refractivity contribution is -0.132. The van der Waals surface area contributed by atoms with Gasteiger partial charge in [0, 0.05) is 20.2 Å². The summed E-state index contributed by atoms with van der Waals surface area (Å²) >= 11 is 1.37. The van der Waals surface area contributed by atoms with Gasteiger partial charge in [-0.05, 0) is 54.2 Å². The number of aryl methyl sites for hydroxylation is 2. The molecule has 0 atom stereocenters. The van der Waals surface area contributed by atoms with Gasteiger partial charge in [0.25, 0.3) is 5.91 Å². The van der Waals surface area contributed by atoms with Crippen molar-refractivity contribution in [3.8, 4) is 5.75 Å². The molecule has 1 aliphatic rings. The minimum Gasteiger partial charge on any atom is -0.426 e. The number of methoxy groups -OCH3 is 1. The molecule has 5 nitrogen and oxygen atoms in total. The lowest BCUT2D eigenvalue weighted by atomic mass is 10.1. The first-order valence-electron chi connectivity index (χ1n) is 7.07. The molecule has 1 aromatic carbocycles. The summed E-state index contributed by atoms with van der Waals surface area (Å²) in [6.07, 6.45) is 3.53. The quantitative estimate of drug-likeness (QED) is 0.481. The van der Waals surface area contributed by atoms with Gasteiger partial charge < -0.3 is 9.47 Å². The predicted octanol–water partition coefficient (Wildman–Crippen LogP) is 3.22. The normalized spacial score (nSPS) is 16.1. The Morgan fingerprint density at radius 3 is 2.52 bits per heavy atom. The van der Waals surface area contributed by atoms with Crippen molar-refractivity contribution in [2.24, 2.45) is 0 Å². The van der Waals surface area contributed by atoms with Gasteiger partial charge in [-0.25, -0.2) is 0 Å². The van der Waals surface area contributed by atoms with Gasteiger partial charge in [-0.3, -0.25) is 14.5 Å². The zero-order chi connectivity index (χ0) is 17.0. The first-order chi connectivity index (χ1) is 10.9. The number of hydrogen-bond donors (Lipinski definition) is 0. The van der Waals surface area contributed by atoms with E-state index in [1.807, 2.05) is 37.5 Å². The van der Waals surface area contributed by atoms with E-state index in [4.69, 9.17) is 9.47 Å². The second kappa shape index (κ2) is 7.48. The molecule has 2 rings (SSSR count). The Hall–Kier alpha value is -2.05. The van der Waals surface area contributed by atoms with Crippen molar-refractivity contribution in [2.45, 2.75) is 20.8 Å². The molecule has 1 heterocycles. The van der Waals surface area contributed by atoms with Crippen LogP contribution in [-0.4, -0.2) is 30.6 Å². The van der Waals surface area contributed by atoms with Crippen LogP contribution >= 0.6 is 11.8 Å². The Balaban J connectivity index is 2.31. The Morgan fingerprint density at radius 1 is 1.30 bits per heavy atom. The van der Waals surface area contributed by atoms with E-state index >= 15 is 0 Å². The third-order valence-corrected chi connectivity index (χ3v) is 4.01. The van der Waals surface area contributed by atoms with Crippen LogP contribution in [0.5, 0.6) is 5.75 Å². The van der Waals surface area contributed by atoms with Crippen molar-refractivity contribution in [1.29, 1.82) is 0 Å². The first kappa shape index (κ1) is 17.3. The Kier molecular flexibility index (Phi) is 5.63. The van der Waals surface area contributed by atoms with Gasteiger partial charge in [-0.15, -0.1) is 0 Å². The monoisotopic (exact) mass is 333 g/mol. The van der Waals surface area contributed by atoms with Crippen molar-refractivity contribution in [1.82, 2.24) is 4.90 Å². The fourth-order valence-electron chi connectivity index (χ4n) is 2.30. The number of esters is 1. The maximum absolute atomic E-state index is 12.3. The van der Waals surface area contributed by atoms with Gasteiger partial charge in [0.05, 0.1) is 4.91 Å². The van der Waals surface area contributed by atoms with Crippen molar-refractivity contribution >= 4 is 29.7 Å². The summed E-state index contributed by atoms with van der Waals surface area (Å²) in [5, 5.41) is 1.85. The molecule has 1 aliphatic heterocycles. The molecule has 0 saturated carbocycles. The van der Waals surface area contributed by atoms with Crippen molar-refractivity contribution in [3.63, 3.8) is 0 Å². The fraction of sp³-hybridized carbons (Fsp3) is 0.294. The Bertz CT molecular complexity index is 671. The van der Waals surface area contributed by atoms with E-state index in [1.165, 1.54) is 23.6 Å². The van der Waals surface area contributed by atoms with E-state index in [0.29, 0.717) is 10.7 Å². The Morgan fingerprint density at radius 2 is 1.96 bits per heavy atom. The van der Waals surface area contributed by atoms with Crippen molar-refractivity contribution in [3.05, 3.63) is 45.3 Å². The van der Waals surface area contributed by atoms with Crippen LogP contribution in [0.1, 0.15) is 23.6 Å². The van der Waals surface area contributed by atoms with Crippen LogP contribution in [0.2, 0.25) is 0 Å². The van der Waals surface area contributed by atoms with Crippen LogP contribution in [0.25, 0.3) is 6.08 Å². The average molecular weight is 333 g/mol. The molecule has 6 heteroatoms. The van der Waals surface area contributed by atoms with Crippen LogP contribution in [0.15, 0.2) is 28.6 Å². The average Bonchev–Trinajstić information content (AvgIpc) is 2.47. The molecule has 0 saturated heterocycles. The molecule has 0 N–H and O–H groups in total. The summed E-state index contributed by atoms with van der Waals surface area (Å²) in [5.41, 5.74) is 2.59. The van der Waals surface area contributed by atoms with Crippen LogP contribution in [-0.2, 0) is 14.3 Å². The third kappa shape index (κ3) is 4.24. The van der Waals surface area contributed by atoms with E-state index in [9.17, 15) is 9.59 Å². The Labute approximate surface area is 139 Å². The van der Waals surface area contributed by atoms with Gasteiger partial charge >= 0.3 is 5.97 Å². The number of ether oxygens (including phenoxy) is 2. The minimum absolute atomic E-state index is 0.0984. The number of hydrogen-bond acceptors (Lipinski definition) is 5. The van der Waals surface area contributed by atoms with Crippen LogP contribution in [0, 0.1) is 13.8 Å². The molecule has 0 fully saturated rings. The third-order valence-electron chi connectivity index (χ3n) is 3.20. The van der Waals surface area contributed by atoms with Gasteiger partial charge in [0.15, 0.2) is 0 Å². The molecule has 122 valence electrons. The molecule has 0 radical (unpaired) electrons.